The molecule has 1 nitrogen and oxygen atoms in total. The van der Waals surface area contributed by atoms with Gasteiger partial charge in [0.15, 0.2) is 6.10 Å². The maximum absolute atomic E-state index is 12.1. The lowest BCUT2D eigenvalue weighted by Gasteiger charge is -2.15. The maximum Gasteiger partial charge on any atom is 0.418 e. The summed E-state index contributed by atoms with van der Waals surface area (Å²) in [4.78, 5) is 0. The predicted octanol–water partition coefficient (Wildman–Crippen LogP) is 3.35. The zero-order chi connectivity index (χ0) is 10.9. The molecule has 14 heavy (non-hydrogen) atoms. The molecule has 5 heteroatoms. The van der Waals surface area contributed by atoms with Gasteiger partial charge in [-0.2, -0.15) is 13.2 Å². The van der Waals surface area contributed by atoms with Crippen LogP contribution < -0.4 is 0 Å². The van der Waals surface area contributed by atoms with E-state index < -0.39 is 12.3 Å². The molecular weight excluding hydrogens is 261 g/mol. The Morgan fingerprint density at radius 1 is 1.36 bits per heavy atom. The molecule has 1 aromatic rings. The average Bonchev–Trinajstić information content (AvgIpc) is 2.07. The van der Waals surface area contributed by atoms with Crippen molar-refractivity contribution in [1.29, 1.82) is 0 Å². The van der Waals surface area contributed by atoms with Gasteiger partial charge in [-0.1, -0.05) is 28.1 Å². The van der Waals surface area contributed by atoms with Crippen LogP contribution in [0.3, 0.4) is 0 Å². The summed E-state index contributed by atoms with van der Waals surface area (Å²) in [5, 5.41) is 8.93. The minimum Gasteiger partial charge on any atom is -0.379 e. The minimum absolute atomic E-state index is 0.141. The molecule has 0 aromatic heterocycles. The van der Waals surface area contributed by atoms with Crippen LogP contribution >= 0.6 is 15.9 Å². The molecule has 0 amide bonds. The molecule has 0 bridgehead atoms. The summed E-state index contributed by atoms with van der Waals surface area (Å²) in [5.41, 5.74) is 0.518. The van der Waals surface area contributed by atoms with Crippen molar-refractivity contribution in [2.75, 3.05) is 0 Å². The molecule has 1 N–H and O–H groups in total. The zero-order valence-corrected chi connectivity index (χ0v) is 8.85. The van der Waals surface area contributed by atoms with E-state index in [2.05, 4.69) is 15.9 Å². The Morgan fingerprint density at radius 3 is 2.36 bits per heavy atom. The van der Waals surface area contributed by atoms with Crippen LogP contribution in [0.1, 0.15) is 17.2 Å². The molecule has 1 aromatic carbocycles. The van der Waals surface area contributed by atoms with Crippen LogP contribution in [0.25, 0.3) is 0 Å². The first-order valence-corrected chi connectivity index (χ1v) is 4.62. The van der Waals surface area contributed by atoms with Gasteiger partial charge in [0.25, 0.3) is 0 Å². The fourth-order valence-corrected chi connectivity index (χ4v) is 1.27. The lowest BCUT2D eigenvalue weighted by Crippen LogP contribution is -2.20. The summed E-state index contributed by atoms with van der Waals surface area (Å²) in [5.74, 6) is 0. The number of hydrogen-bond donors (Lipinski definition) is 1. The number of rotatable bonds is 1. The van der Waals surface area contributed by atoms with Crippen LogP contribution in [0.15, 0.2) is 22.7 Å². The van der Waals surface area contributed by atoms with Gasteiger partial charge in [0.05, 0.1) is 0 Å². The lowest BCUT2D eigenvalue weighted by molar-refractivity contribution is -0.206. The molecule has 0 fully saturated rings. The Morgan fingerprint density at radius 2 is 1.93 bits per heavy atom. The summed E-state index contributed by atoms with van der Waals surface area (Å²) < 4.78 is 37.0. The van der Waals surface area contributed by atoms with Crippen molar-refractivity contribution < 1.29 is 18.3 Å². The van der Waals surface area contributed by atoms with Crippen molar-refractivity contribution >= 4 is 15.9 Å². The third-order valence-corrected chi connectivity index (χ3v) is 2.70. The predicted molar refractivity (Wildman–Crippen MR) is 49.9 cm³/mol. The van der Waals surface area contributed by atoms with Crippen LogP contribution in [-0.2, 0) is 0 Å². The SMILES string of the molecule is Cc1cc([C@H](O)C(F)(F)F)ccc1Br. The summed E-state index contributed by atoms with van der Waals surface area (Å²) in [6.45, 7) is 1.66. The lowest BCUT2D eigenvalue weighted by atomic mass is 10.1. The van der Waals surface area contributed by atoms with Gasteiger partial charge in [-0.15, -0.1) is 0 Å². The summed E-state index contributed by atoms with van der Waals surface area (Å²) in [7, 11) is 0. The molecule has 0 aliphatic carbocycles. The standard InChI is InChI=1S/C9H8BrF3O/c1-5-4-6(2-3-7(5)10)8(14)9(11,12)13/h2-4,8,14H,1H3/t8-/m0/s1. The van der Waals surface area contributed by atoms with E-state index in [0.717, 1.165) is 4.47 Å². The van der Waals surface area contributed by atoms with Crippen LogP contribution in [0.2, 0.25) is 0 Å². The first-order chi connectivity index (χ1) is 6.32. The Bertz CT molecular complexity index is 335. The van der Waals surface area contributed by atoms with Gasteiger partial charge < -0.3 is 5.11 Å². The highest BCUT2D eigenvalue weighted by atomic mass is 79.9. The Labute approximate surface area is 87.7 Å². The molecule has 0 unspecified atom stereocenters. The van der Waals surface area contributed by atoms with Crippen molar-refractivity contribution in [3.05, 3.63) is 33.8 Å². The second-order valence-electron chi connectivity index (χ2n) is 2.95. The molecule has 0 saturated carbocycles. The molecule has 0 aliphatic heterocycles. The van der Waals surface area contributed by atoms with Gasteiger partial charge in [0.1, 0.15) is 0 Å². The highest BCUT2D eigenvalue weighted by Gasteiger charge is 2.39. The highest BCUT2D eigenvalue weighted by Crippen LogP contribution is 2.33. The van der Waals surface area contributed by atoms with E-state index >= 15 is 0 Å². The zero-order valence-electron chi connectivity index (χ0n) is 7.27. The van der Waals surface area contributed by atoms with E-state index in [-0.39, 0.29) is 5.56 Å². The van der Waals surface area contributed by atoms with Crippen molar-refractivity contribution in [3.8, 4) is 0 Å². The average molecular weight is 269 g/mol. The van der Waals surface area contributed by atoms with E-state index in [1.165, 1.54) is 18.2 Å². The minimum atomic E-state index is -4.61. The van der Waals surface area contributed by atoms with Crippen LogP contribution in [0, 0.1) is 6.92 Å². The monoisotopic (exact) mass is 268 g/mol. The summed E-state index contributed by atoms with van der Waals surface area (Å²) in [6.07, 6.45) is -7.02. The second kappa shape index (κ2) is 3.90. The van der Waals surface area contributed by atoms with Crippen LogP contribution in [0.4, 0.5) is 13.2 Å². The smallest absolute Gasteiger partial charge is 0.379 e. The van der Waals surface area contributed by atoms with E-state index in [4.69, 9.17) is 5.11 Å². The number of aliphatic hydroxyl groups is 1. The van der Waals surface area contributed by atoms with Gasteiger partial charge in [-0.05, 0) is 24.1 Å². The normalized spacial score (nSPS) is 14.1. The maximum atomic E-state index is 12.1. The molecule has 1 atom stereocenters. The summed E-state index contributed by atoms with van der Waals surface area (Å²) >= 11 is 3.17. The molecule has 78 valence electrons. The quantitative estimate of drug-likeness (QED) is 0.828. The topological polar surface area (TPSA) is 20.2 Å². The third-order valence-electron chi connectivity index (χ3n) is 1.81. The first-order valence-electron chi connectivity index (χ1n) is 3.83. The molecule has 0 spiro atoms. The summed E-state index contributed by atoms with van der Waals surface area (Å²) in [6, 6.07) is 4.04. The van der Waals surface area contributed by atoms with E-state index in [9.17, 15) is 13.2 Å². The van der Waals surface area contributed by atoms with E-state index in [1.54, 1.807) is 6.92 Å². The van der Waals surface area contributed by atoms with Crippen molar-refractivity contribution in [2.45, 2.75) is 19.2 Å². The van der Waals surface area contributed by atoms with Crippen molar-refractivity contribution in [3.63, 3.8) is 0 Å². The fourth-order valence-electron chi connectivity index (χ4n) is 1.03. The van der Waals surface area contributed by atoms with Gasteiger partial charge in [-0.3, -0.25) is 0 Å². The second-order valence-corrected chi connectivity index (χ2v) is 3.81. The number of benzene rings is 1. The number of aryl methyl sites for hydroxylation is 1. The highest BCUT2D eigenvalue weighted by molar-refractivity contribution is 9.10. The van der Waals surface area contributed by atoms with Crippen LogP contribution in [-0.4, -0.2) is 11.3 Å². The van der Waals surface area contributed by atoms with Gasteiger partial charge in [0, 0.05) is 4.47 Å². The Balaban J connectivity index is 3.03. The number of hydrogen-bond acceptors (Lipinski definition) is 1. The van der Waals surface area contributed by atoms with Gasteiger partial charge >= 0.3 is 6.18 Å². The molecule has 0 saturated heterocycles. The van der Waals surface area contributed by atoms with Gasteiger partial charge in [-0.25, -0.2) is 0 Å². The Hall–Kier alpha value is -0.550. The molecule has 0 heterocycles. The number of halogens is 4. The van der Waals surface area contributed by atoms with E-state index in [0.29, 0.717) is 5.56 Å². The van der Waals surface area contributed by atoms with Crippen molar-refractivity contribution in [2.24, 2.45) is 0 Å². The van der Waals surface area contributed by atoms with Gasteiger partial charge in [0.2, 0.25) is 0 Å². The Kier molecular flexibility index (Phi) is 3.21. The largest absolute Gasteiger partial charge is 0.418 e. The number of alkyl halides is 3. The van der Waals surface area contributed by atoms with E-state index in [1.807, 2.05) is 0 Å². The number of aliphatic hydroxyl groups excluding tert-OH is 1. The molecule has 1 rings (SSSR count). The third kappa shape index (κ3) is 2.48. The molecule has 0 aliphatic rings. The van der Waals surface area contributed by atoms with Crippen LogP contribution in [0.5, 0.6) is 0 Å². The molecular formula is C9H8BrF3O. The first kappa shape index (κ1) is 11.5. The molecule has 0 radical (unpaired) electrons. The fraction of sp³-hybridized carbons (Fsp3) is 0.333. The van der Waals surface area contributed by atoms with Crippen molar-refractivity contribution in [1.82, 2.24) is 0 Å².